The van der Waals surface area contributed by atoms with Crippen LogP contribution in [0.1, 0.15) is 29.2 Å². The summed E-state index contributed by atoms with van der Waals surface area (Å²) in [6.45, 7) is 3.07. The van der Waals surface area contributed by atoms with E-state index in [1.54, 1.807) is 0 Å². The van der Waals surface area contributed by atoms with Gasteiger partial charge >= 0.3 is 0 Å². The fraction of sp³-hybridized carbons (Fsp3) is 0.217. The first kappa shape index (κ1) is 16.3. The molecule has 0 unspecified atom stereocenters. The molecule has 0 aromatic heterocycles. The van der Waals surface area contributed by atoms with Crippen LogP contribution in [0.5, 0.6) is 0 Å². The predicted molar refractivity (Wildman–Crippen MR) is 103 cm³/mol. The van der Waals surface area contributed by atoms with Crippen molar-refractivity contribution in [2.75, 3.05) is 5.32 Å². The molecule has 0 atom stereocenters. The van der Waals surface area contributed by atoms with Crippen molar-refractivity contribution in [3.8, 4) is 0 Å². The largest absolute Gasteiger partial charge is 0.381 e. The highest BCUT2D eigenvalue weighted by molar-refractivity contribution is 5.51. The molecule has 0 bridgehead atoms. The molecule has 0 heterocycles. The van der Waals surface area contributed by atoms with Gasteiger partial charge in [0.25, 0.3) is 0 Å². The first-order valence-electron chi connectivity index (χ1n) is 8.78. The van der Waals surface area contributed by atoms with Crippen molar-refractivity contribution in [3.05, 3.63) is 101 Å². The van der Waals surface area contributed by atoms with E-state index in [1.807, 2.05) is 0 Å². The Bertz CT molecular complexity index is 745. The van der Waals surface area contributed by atoms with Crippen molar-refractivity contribution < 1.29 is 0 Å². The van der Waals surface area contributed by atoms with Crippen molar-refractivity contribution in [1.82, 2.24) is 0 Å². The van der Waals surface area contributed by atoms with Gasteiger partial charge < -0.3 is 5.32 Å². The second kappa shape index (κ2) is 8.35. The Kier molecular flexibility index (Phi) is 5.68. The number of benzene rings is 3. The molecule has 0 saturated heterocycles. The third kappa shape index (κ3) is 4.48. The standard InChI is InChI=1S/C23H25N/c1-2-22-10-6-7-11-23(22)24-18-21-16-14-20(15-17-21)13-12-19-8-4-3-5-9-19/h3-11,14-17,24H,2,12-13,18H2,1H3. The van der Waals surface area contributed by atoms with Gasteiger partial charge in [-0.15, -0.1) is 0 Å². The van der Waals surface area contributed by atoms with E-state index in [0.29, 0.717) is 0 Å². The molecule has 1 N–H and O–H groups in total. The average Bonchev–Trinajstić information content (AvgIpc) is 2.66. The Balaban J connectivity index is 1.54. The third-order valence-electron chi connectivity index (χ3n) is 4.45. The molecule has 0 fully saturated rings. The molecule has 0 aliphatic heterocycles. The molecule has 3 aromatic carbocycles. The number of aryl methyl sites for hydroxylation is 3. The predicted octanol–water partition coefficient (Wildman–Crippen LogP) is 5.65. The third-order valence-corrected chi connectivity index (χ3v) is 4.45. The molecule has 122 valence electrons. The average molecular weight is 315 g/mol. The van der Waals surface area contributed by atoms with E-state index in [1.165, 1.54) is 27.9 Å². The zero-order chi connectivity index (χ0) is 16.6. The highest BCUT2D eigenvalue weighted by Gasteiger charge is 2.00. The van der Waals surface area contributed by atoms with Crippen LogP contribution in [0.2, 0.25) is 0 Å². The van der Waals surface area contributed by atoms with E-state index < -0.39 is 0 Å². The SMILES string of the molecule is CCc1ccccc1NCc1ccc(CCc2ccccc2)cc1. The Morgan fingerprint density at radius 3 is 1.92 bits per heavy atom. The quantitative estimate of drug-likeness (QED) is 0.594. The zero-order valence-electron chi connectivity index (χ0n) is 14.3. The normalized spacial score (nSPS) is 10.5. The maximum Gasteiger partial charge on any atom is 0.0400 e. The van der Waals surface area contributed by atoms with Crippen LogP contribution >= 0.6 is 0 Å². The molecule has 3 aromatic rings. The van der Waals surface area contributed by atoms with Gasteiger partial charge in [-0.05, 0) is 47.6 Å². The summed E-state index contributed by atoms with van der Waals surface area (Å²) in [7, 11) is 0. The molecular formula is C23H25N. The lowest BCUT2D eigenvalue weighted by Gasteiger charge is -2.11. The van der Waals surface area contributed by atoms with Crippen molar-refractivity contribution in [1.29, 1.82) is 0 Å². The molecule has 0 amide bonds. The molecule has 0 spiro atoms. The molecule has 24 heavy (non-hydrogen) atoms. The van der Waals surface area contributed by atoms with Gasteiger partial charge in [0.1, 0.15) is 0 Å². The van der Waals surface area contributed by atoms with Gasteiger partial charge in [0, 0.05) is 12.2 Å². The van der Waals surface area contributed by atoms with Crippen LogP contribution in [0.15, 0.2) is 78.9 Å². The van der Waals surface area contributed by atoms with Gasteiger partial charge in [0.2, 0.25) is 0 Å². The molecule has 0 radical (unpaired) electrons. The maximum absolute atomic E-state index is 3.56. The number of nitrogens with one attached hydrogen (secondary N) is 1. The van der Waals surface area contributed by atoms with Crippen LogP contribution < -0.4 is 5.32 Å². The van der Waals surface area contributed by atoms with Crippen LogP contribution in [0, 0.1) is 0 Å². The number of hydrogen-bond donors (Lipinski definition) is 1. The number of hydrogen-bond acceptors (Lipinski definition) is 1. The van der Waals surface area contributed by atoms with E-state index in [4.69, 9.17) is 0 Å². The summed E-state index contributed by atoms with van der Waals surface area (Å²) < 4.78 is 0. The van der Waals surface area contributed by atoms with Crippen molar-refractivity contribution in [2.45, 2.75) is 32.7 Å². The van der Waals surface area contributed by atoms with E-state index in [0.717, 1.165) is 25.8 Å². The first-order chi connectivity index (χ1) is 11.8. The second-order valence-corrected chi connectivity index (χ2v) is 6.17. The van der Waals surface area contributed by atoms with Crippen LogP contribution in [0.25, 0.3) is 0 Å². The number of rotatable bonds is 7. The van der Waals surface area contributed by atoms with Gasteiger partial charge in [0.15, 0.2) is 0 Å². The van der Waals surface area contributed by atoms with Crippen molar-refractivity contribution in [3.63, 3.8) is 0 Å². The fourth-order valence-corrected chi connectivity index (χ4v) is 2.96. The highest BCUT2D eigenvalue weighted by atomic mass is 14.9. The lowest BCUT2D eigenvalue weighted by Crippen LogP contribution is -2.02. The summed E-state index contributed by atoms with van der Waals surface area (Å²) in [4.78, 5) is 0. The Morgan fingerprint density at radius 1 is 0.625 bits per heavy atom. The molecular weight excluding hydrogens is 290 g/mol. The van der Waals surface area contributed by atoms with Gasteiger partial charge in [-0.2, -0.15) is 0 Å². The lowest BCUT2D eigenvalue weighted by atomic mass is 10.0. The second-order valence-electron chi connectivity index (χ2n) is 6.17. The topological polar surface area (TPSA) is 12.0 Å². The molecule has 0 aliphatic carbocycles. The van der Waals surface area contributed by atoms with Crippen LogP contribution in [0.4, 0.5) is 5.69 Å². The highest BCUT2D eigenvalue weighted by Crippen LogP contribution is 2.17. The Labute approximate surface area is 145 Å². The lowest BCUT2D eigenvalue weighted by molar-refractivity contribution is 0.957. The van der Waals surface area contributed by atoms with Gasteiger partial charge in [-0.1, -0.05) is 79.7 Å². The fourth-order valence-electron chi connectivity index (χ4n) is 2.96. The minimum Gasteiger partial charge on any atom is -0.381 e. The van der Waals surface area contributed by atoms with Crippen LogP contribution in [-0.2, 0) is 25.8 Å². The summed E-state index contributed by atoms with van der Waals surface area (Å²) >= 11 is 0. The van der Waals surface area contributed by atoms with Gasteiger partial charge in [0.05, 0.1) is 0 Å². The first-order valence-corrected chi connectivity index (χ1v) is 8.78. The summed E-state index contributed by atoms with van der Waals surface area (Å²) in [5.41, 5.74) is 6.74. The van der Waals surface area contributed by atoms with E-state index >= 15 is 0 Å². The minimum absolute atomic E-state index is 0.871. The van der Waals surface area contributed by atoms with E-state index in [-0.39, 0.29) is 0 Å². The van der Waals surface area contributed by atoms with Crippen molar-refractivity contribution in [2.24, 2.45) is 0 Å². The van der Waals surface area contributed by atoms with Crippen LogP contribution in [0.3, 0.4) is 0 Å². The summed E-state index contributed by atoms with van der Waals surface area (Å²) in [6.07, 6.45) is 3.25. The van der Waals surface area contributed by atoms with E-state index in [2.05, 4.69) is 91.1 Å². The summed E-state index contributed by atoms with van der Waals surface area (Å²) in [6, 6.07) is 28.2. The number of para-hydroxylation sites is 1. The monoisotopic (exact) mass is 315 g/mol. The summed E-state index contributed by atoms with van der Waals surface area (Å²) in [5.74, 6) is 0. The van der Waals surface area contributed by atoms with Crippen molar-refractivity contribution >= 4 is 5.69 Å². The minimum atomic E-state index is 0.871. The number of anilines is 1. The smallest absolute Gasteiger partial charge is 0.0400 e. The van der Waals surface area contributed by atoms with Gasteiger partial charge in [-0.25, -0.2) is 0 Å². The molecule has 1 nitrogen and oxygen atoms in total. The van der Waals surface area contributed by atoms with Gasteiger partial charge in [-0.3, -0.25) is 0 Å². The Hall–Kier alpha value is -2.54. The van der Waals surface area contributed by atoms with Crippen LogP contribution in [-0.4, -0.2) is 0 Å². The Morgan fingerprint density at radius 2 is 1.21 bits per heavy atom. The maximum atomic E-state index is 3.56. The van der Waals surface area contributed by atoms with E-state index in [9.17, 15) is 0 Å². The molecule has 3 rings (SSSR count). The molecule has 0 aliphatic rings. The molecule has 1 heteroatoms. The molecule has 0 saturated carbocycles. The zero-order valence-corrected chi connectivity index (χ0v) is 14.3. The summed E-state index contributed by atoms with van der Waals surface area (Å²) in [5, 5.41) is 3.56.